The minimum atomic E-state index is -5.04. The first kappa shape index (κ1) is 18.5. The molecular weight excluding hydrogens is 352 g/mol. The largest absolute Gasteiger partial charge is 0.416 e. The van der Waals surface area contributed by atoms with Crippen molar-refractivity contribution in [3.63, 3.8) is 0 Å². The van der Waals surface area contributed by atoms with Crippen LogP contribution in [0.5, 0.6) is 0 Å². The Balaban J connectivity index is 2.38. The fourth-order valence-corrected chi connectivity index (χ4v) is 1.93. The normalized spacial score (nSPS) is 11.9. The predicted molar refractivity (Wildman–Crippen MR) is 76.2 cm³/mol. The van der Waals surface area contributed by atoms with E-state index in [1.54, 1.807) is 0 Å². The van der Waals surface area contributed by atoms with Gasteiger partial charge in [-0.1, -0.05) is 0 Å². The number of nitrogens with one attached hydrogen (secondary N) is 1. The van der Waals surface area contributed by atoms with E-state index in [2.05, 4.69) is 5.32 Å². The Morgan fingerprint density at radius 2 is 1.32 bits per heavy atom. The van der Waals surface area contributed by atoms with Crippen molar-refractivity contribution in [1.82, 2.24) is 0 Å². The summed E-state index contributed by atoms with van der Waals surface area (Å²) in [6.07, 6.45) is -9.54. The highest BCUT2D eigenvalue weighted by Gasteiger charge is 2.37. The second-order valence-electron chi connectivity index (χ2n) is 4.99. The van der Waals surface area contributed by atoms with E-state index in [9.17, 15) is 35.9 Å². The van der Waals surface area contributed by atoms with Crippen LogP contribution in [0.15, 0.2) is 42.5 Å². The molecule has 0 heterocycles. The second kappa shape index (κ2) is 6.58. The molecule has 0 fully saturated rings. The molecule has 0 radical (unpaired) electrons. The van der Waals surface area contributed by atoms with Crippen LogP contribution in [0.3, 0.4) is 0 Å². The van der Waals surface area contributed by atoms with Crippen molar-refractivity contribution >= 4 is 17.9 Å². The molecule has 3 nitrogen and oxygen atoms in total. The van der Waals surface area contributed by atoms with Gasteiger partial charge in [-0.25, -0.2) is 0 Å². The summed E-state index contributed by atoms with van der Waals surface area (Å²) in [6, 6.07) is 5.86. The Labute approximate surface area is 137 Å². The molecule has 0 aromatic heterocycles. The van der Waals surface area contributed by atoms with Gasteiger partial charge in [0, 0.05) is 16.8 Å². The lowest BCUT2D eigenvalue weighted by molar-refractivity contribution is -0.143. The molecule has 0 spiro atoms. The van der Waals surface area contributed by atoms with Crippen LogP contribution in [0.4, 0.5) is 32.0 Å². The first-order valence-corrected chi connectivity index (χ1v) is 6.67. The van der Waals surface area contributed by atoms with Crippen LogP contribution >= 0.6 is 0 Å². The number of carbonyl (C=O) groups is 2. The summed E-state index contributed by atoms with van der Waals surface area (Å²) in [5.74, 6) is -1.14. The van der Waals surface area contributed by atoms with Crippen LogP contribution in [0.25, 0.3) is 0 Å². The molecule has 0 aliphatic rings. The summed E-state index contributed by atoms with van der Waals surface area (Å²) in [4.78, 5) is 22.5. The fraction of sp³-hybridized carbons (Fsp3) is 0.125. The summed E-state index contributed by atoms with van der Waals surface area (Å²) >= 11 is 0. The molecule has 0 saturated heterocycles. The molecule has 2 rings (SSSR count). The van der Waals surface area contributed by atoms with E-state index in [1.165, 1.54) is 24.3 Å². The molecule has 2 aromatic carbocycles. The Kier molecular flexibility index (Phi) is 4.87. The Bertz CT molecular complexity index is 762. The summed E-state index contributed by atoms with van der Waals surface area (Å²) in [7, 11) is 0. The summed E-state index contributed by atoms with van der Waals surface area (Å²) in [6.45, 7) is 0. The molecule has 0 atom stereocenters. The van der Waals surface area contributed by atoms with Crippen molar-refractivity contribution < 1.29 is 35.9 Å². The smallest absolute Gasteiger partial charge is 0.322 e. The van der Waals surface area contributed by atoms with Gasteiger partial charge in [-0.2, -0.15) is 26.3 Å². The van der Waals surface area contributed by atoms with E-state index in [4.69, 9.17) is 0 Å². The molecule has 25 heavy (non-hydrogen) atoms. The van der Waals surface area contributed by atoms with E-state index in [0.717, 1.165) is 0 Å². The average molecular weight is 361 g/mol. The van der Waals surface area contributed by atoms with Crippen molar-refractivity contribution in [1.29, 1.82) is 0 Å². The molecule has 0 aliphatic carbocycles. The van der Waals surface area contributed by atoms with Gasteiger partial charge in [0.25, 0.3) is 5.91 Å². The quantitative estimate of drug-likeness (QED) is 0.631. The van der Waals surface area contributed by atoms with Crippen LogP contribution in [0.1, 0.15) is 31.8 Å². The van der Waals surface area contributed by atoms with Crippen molar-refractivity contribution in [2.75, 3.05) is 5.32 Å². The molecule has 1 amide bonds. The predicted octanol–water partition coefficient (Wildman–Crippen LogP) is 4.79. The fourth-order valence-electron chi connectivity index (χ4n) is 1.93. The van der Waals surface area contributed by atoms with Gasteiger partial charge in [0.05, 0.1) is 11.1 Å². The average Bonchev–Trinajstić information content (AvgIpc) is 2.53. The maximum absolute atomic E-state index is 12.8. The monoisotopic (exact) mass is 361 g/mol. The molecule has 132 valence electrons. The highest BCUT2D eigenvalue weighted by Crippen LogP contribution is 2.36. The minimum Gasteiger partial charge on any atom is -0.322 e. The van der Waals surface area contributed by atoms with Crippen LogP contribution in [0, 0.1) is 0 Å². The molecule has 1 N–H and O–H groups in total. The zero-order chi connectivity index (χ0) is 18.8. The standard InChI is InChI=1S/C16H9F6NO2/c17-15(18,19)11-5-10(6-12(7-11)16(20,21)22)14(25)23-13-3-1-9(8-24)2-4-13/h1-8H,(H,23,25). The first-order chi connectivity index (χ1) is 11.5. The van der Waals surface area contributed by atoms with Crippen LogP contribution in [-0.4, -0.2) is 12.2 Å². The molecule has 0 unspecified atom stereocenters. The van der Waals surface area contributed by atoms with E-state index < -0.39 is 35.0 Å². The lowest BCUT2D eigenvalue weighted by atomic mass is 10.0. The number of alkyl halides is 6. The minimum absolute atomic E-state index is 0.0599. The van der Waals surface area contributed by atoms with Gasteiger partial charge >= 0.3 is 12.4 Å². The Morgan fingerprint density at radius 1 is 0.840 bits per heavy atom. The number of amides is 1. The van der Waals surface area contributed by atoms with Crippen molar-refractivity contribution in [3.8, 4) is 0 Å². The van der Waals surface area contributed by atoms with E-state index in [1.807, 2.05) is 0 Å². The molecule has 9 heteroatoms. The number of halogens is 6. The summed E-state index contributed by atoms with van der Waals surface area (Å²) < 4.78 is 76.7. The third-order valence-corrected chi connectivity index (χ3v) is 3.15. The van der Waals surface area contributed by atoms with Crippen molar-refractivity contribution in [2.45, 2.75) is 12.4 Å². The molecular formula is C16H9F6NO2. The molecule has 0 bridgehead atoms. The third-order valence-electron chi connectivity index (χ3n) is 3.15. The maximum Gasteiger partial charge on any atom is 0.416 e. The highest BCUT2D eigenvalue weighted by atomic mass is 19.4. The van der Waals surface area contributed by atoms with Crippen molar-refractivity contribution in [2.24, 2.45) is 0 Å². The lowest BCUT2D eigenvalue weighted by Crippen LogP contribution is -2.17. The number of rotatable bonds is 3. The highest BCUT2D eigenvalue weighted by molar-refractivity contribution is 6.04. The number of carbonyl (C=O) groups excluding carboxylic acids is 2. The maximum atomic E-state index is 12.8. The number of benzene rings is 2. The van der Waals surface area contributed by atoms with Gasteiger partial charge in [-0.3, -0.25) is 9.59 Å². The number of hydrogen-bond donors (Lipinski definition) is 1. The van der Waals surface area contributed by atoms with Crippen LogP contribution in [0.2, 0.25) is 0 Å². The number of aldehydes is 1. The zero-order valence-corrected chi connectivity index (χ0v) is 12.2. The lowest BCUT2D eigenvalue weighted by Gasteiger charge is -2.14. The van der Waals surface area contributed by atoms with Gasteiger partial charge in [-0.05, 0) is 42.5 Å². The summed E-state index contributed by atoms with van der Waals surface area (Å²) in [5, 5.41) is 2.18. The van der Waals surface area contributed by atoms with Gasteiger partial charge in [-0.15, -0.1) is 0 Å². The molecule has 0 saturated carbocycles. The van der Waals surface area contributed by atoms with Crippen molar-refractivity contribution in [3.05, 3.63) is 64.7 Å². The van der Waals surface area contributed by atoms with E-state index in [0.29, 0.717) is 18.4 Å². The van der Waals surface area contributed by atoms with E-state index in [-0.39, 0.29) is 17.3 Å². The van der Waals surface area contributed by atoms with Gasteiger partial charge < -0.3 is 5.32 Å². The zero-order valence-electron chi connectivity index (χ0n) is 12.2. The van der Waals surface area contributed by atoms with Crippen LogP contribution < -0.4 is 5.32 Å². The first-order valence-electron chi connectivity index (χ1n) is 6.67. The Morgan fingerprint density at radius 3 is 1.72 bits per heavy atom. The topological polar surface area (TPSA) is 46.2 Å². The number of hydrogen-bond acceptors (Lipinski definition) is 2. The number of anilines is 1. The molecule has 2 aromatic rings. The molecule has 0 aliphatic heterocycles. The Hall–Kier alpha value is -2.84. The van der Waals surface area contributed by atoms with E-state index >= 15 is 0 Å². The summed E-state index contributed by atoms with van der Waals surface area (Å²) in [5.41, 5.74) is -3.55. The van der Waals surface area contributed by atoms with Gasteiger partial charge in [0.1, 0.15) is 6.29 Å². The van der Waals surface area contributed by atoms with Crippen LogP contribution in [-0.2, 0) is 12.4 Å². The van der Waals surface area contributed by atoms with Gasteiger partial charge in [0.15, 0.2) is 0 Å². The third kappa shape index (κ3) is 4.59. The van der Waals surface area contributed by atoms with Gasteiger partial charge in [0.2, 0.25) is 0 Å². The SMILES string of the molecule is O=Cc1ccc(NC(=O)c2cc(C(F)(F)F)cc(C(F)(F)F)c2)cc1. The second-order valence-corrected chi connectivity index (χ2v) is 4.99.